The number of phenols is 1. The van der Waals surface area contributed by atoms with Crippen molar-refractivity contribution in [2.24, 2.45) is 0 Å². The summed E-state index contributed by atoms with van der Waals surface area (Å²) >= 11 is 4.12. The number of nitriles is 1. The van der Waals surface area contributed by atoms with Gasteiger partial charge >= 0.3 is 0 Å². The second kappa shape index (κ2) is 6.38. The molecule has 0 radical (unpaired) electrons. The number of hydrogen-bond donors (Lipinski definition) is 1. The van der Waals surface area contributed by atoms with Crippen LogP contribution in [0.5, 0.6) is 5.75 Å². The van der Waals surface area contributed by atoms with Gasteiger partial charge in [0.05, 0.1) is 3.57 Å². The molecule has 0 bridgehead atoms. The zero-order valence-corrected chi connectivity index (χ0v) is 14.1. The molecule has 0 fully saturated rings. The Balaban J connectivity index is 3.31. The molecule has 0 aliphatic carbocycles. The Kier molecular flexibility index (Phi) is 5.40. The van der Waals surface area contributed by atoms with E-state index in [0.717, 1.165) is 3.57 Å². The topological polar surface area (TPSA) is 64.3 Å². The standard InChI is InChI=1S/C12H10I2N2O2/c1-16(2)12(18)8(6-15)3-7-4-9(13)5-10(14)11(7)17/h3-5,17H,1-2H3/b8-3-. The van der Waals surface area contributed by atoms with Crippen LogP contribution in [0.3, 0.4) is 0 Å². The highest BCUT2D eigenvalue weighted by Gasteiger charge is 2.13. The van der Waals surface area contributed by atoms with Crippen molar-refractivity contribution < 1.29 is 9.90 Å². The number of benzene rings is 1. The van der Waals surface area contributed by atoms with E-state index in [2.05, 4.69) is 22.6 Å². The normalized spacial score (nSPS) is 10.9. The molecule has 0 aliphatic rings. The number of aromatic hydroxyl groups is 1. The van der Waals surface area contributed by atoms with Crippen LogP contribution in [0.4, 0.5) is 0 Å². The first-order valence-electron chi connectivity index (χ1n) is 4.88. The third-order valence-electron chi connectivity index (χ3n) is 2.11. The molecule has 1 amide bonds. The molecule has 1 N–H and O–H groups in total. The largest absolute Gasteiger partial charge is 0.506 e. The van der Waals surface area contributed by atoms with Gasteiger partial charge in [-0.2, -0.15) is 5.26 Å². The molecule has 0 heterocycles. The molecule has 0 saturated heterocycles. The summed E-state index contributed by atoms with van der Waals surface area (Å²) in [6, 6.07) is 5.39. The van der Waals surface area contributed by atoms with E-state index in [1.54, 1.807) is 20.2 Å². The molecule has 0 spiro atoms. The Hall–Kier alpha value is -0.820. The summed E-state index contributed by atoms with van der Waals surface area (Å²) in [5.74, 6) is -0.305. The van der Waals surface area contributed by atoms with Crippen LogP contribution in [-0.4, -0.2) is 30.0 Å². The lowest BCUT2D eigenvalue weighted by atomic mass is 10.1. The van der Waals surface area contributed by atoms with Crippen LogP contribution in [0.25, 0.3) is 6.08 Å². The predicted octanol–water partition coefficient (Wildman–Crippen LogP) is 2.60. The number of carbonyl (C=O) groups excluding carboxylic acids is 1. The summed E-state index contributed by atoms with van der Waals surface area (Å²) in [4.78, 5) is 13.0. The van der Waals surface area contributed by atoms with Crippen molar-refractivity contribution in [2.75, 3.05) is 14.1 Å². The lowest BCUT2D eigenvalue weighted by molar-refractivity contribution is -0.124. The SMILES string of the molecule is CN(C)C(=O)/C(C#N)=C\c1cc(I)cc(I)c1O. The third-order valence-corrected chi connectivity index (χ3v) is 3.56. The van der Waals surface area contributed by atoms with E-state index < -0.39 is 0 Å². The average molecular weight is 468 g/mol. The Morgan fingerprint density at radius 2 is 2.06 bits per heavy atom. The Morgan fingerprint density at radius 1 is 1.44 bits per heavy atom. The molecule has 18 heavy (non-hydrogen) atoms. The van der Waals surface area contributed by atoms with Gasteiger partial charge in [-0.15, -0.1) is 0 Å². The van der Waals surface area contributed by atoms with Gasteiger partial charge in [-0.05, 0) is 63.4 Å². The molecule has 0 aromatic heterocycles. The number of halogens is 2. The van der Waals surface area contributed by atoms with Gasteiger partial charge in [-0.25, -0.2) is 0 Å². The van der Waals surface area contributed by atoms with Gasteiger partial charge in [0.15, 0.2) is 0 Å². The summed E-state index contributed by atoms with van der Waals surface area (Å²) in [5.41, 5.74) is 0.464. The number of nitrogens with zero attached hydrogens (tertiary/aromatic N) is 2. The quantitative estimate of drug-likeness (QED) is 0.413. The second-order valence-corrected chi connectivity index (χ2v) is 6.10. The highest BCUT2D eigenvalue weighted by Crippen LogP contribution is 2.28. The van der Waals surface area contributed by atoms with E-state index in [4.69, 9.17) is 5.26 Å². The lowest BCUT2D eigenvalue weighted by Gasteiger charge is -2.09. The lowest BCUT2D eigenvalue weighted by Crippen LogP contribution is -2.22. The molecule has 1 rings (SSSR count). The number of amides is 1. The van der Waals surface area contributed by atoms with Gasteiger partial charge < -0.3 is 10.0 Å². The van der Waals surface area contributed by atoms with Crippen molar-refractivity contribution in [2.45, 2.75) is 0 Å². The number of phenolic OH excluding ortho intramolecular Hbond substituents is 1. The summed E-state index contributed by atoms with van der Waals surface area (Å²) in [5, 5.41) is 18.9. The average Bonchev–Trinajstić information content (AvgIpc) is 2.30. The van der Waals surface area contributed by atoms with Gasteiger partial charge in [-0.3, -0.25) is 4.79 Å². The van der Waals surface area contributed by atoms with Crippen molar-refractivity contribution in [3.8, 4) is 11.8 Å². The molecule has 1 aromatic carbocycles. The summed E-state index contributed by atoms with van der Waals surface area (Å²) in [6.07, 6.45) is 1.40. The van der Waals surface area contributed by atoms with Crippen molar-refractivity contribution in [3.63, 3.8) is 0 Å². The molecule has 0 saturated carbocycles. The van der Waals surface area contributed by atoms with E-state index in [1.807, 2.05) is 34.7 Å². The zero-order valence-electron chi connectivity index (χ0n) is 9.74. The number of likely N-dealkylation sites (N-methyl/N-ethyl adjacent to an activating group) is 1. The highest BCUT2D eigenvalue weighted by molar-refractivity contribution is 14.1. The van der Waals surface area contributed by atoms with Crippen LogP contribution in [-0.2, 0) is 4.79 Å². The van der Waals surface area contributed by atoms with Gasteiger partial charge in [0.2, 0.25) is 0 Å². The van der Waals surface area contributed by atoms with E-state index in [1.165, 1.54) is 11.0 Å². The molecule has 4 nitrogen and oxygen atoms in total. The van der Waals surface area contributed by atoms with Crippen LogP contribution in [0.1, 0.15) is 5.56 Å². The third kappa shape index (κ3) is 3.58. The van der Waals surface area contributed by atoms with Gasteiger partial charge in [0.25, 0.3) is 5.91 Å². The number of hydrogen-bond acceptors (Lipinski definition) is 3. The van der Waals surface area contributed by atoms with Crippen LogP contribution in [0.2, 0.25) is 0 Å². The molecule has 0 aliphatic heterocycles. The van der Waals surface area contributed by atoms with Crippen LogP contribution >= 0.6 is 45.2 Å². The number of carbonyl (C=O) groups is 1. The molecule has 94 valence electrons. The molecular weight excluding hydrogens is 458 g/mol. The highest BCUT2D eigenvalue weighted by atomic mass is 127. The van der Waals surface area contributed by atoms with Crippen molar-refractivity contribution in [1.82, 2.24) is 4.90 Å². The monoisotopic (exact) mass is 468 g/mol. The smallest absolute Gasteiger partial charge is 0.264 e. The molecule has 0 unspecified atom stereocenters. The van der Waals surface area contributed by atoms with Crippen molar-refractivity contribution in [3.05, 3.63) is 30.4 Å². The zero-order chi connectivity index (χ0) is 13.9. The Labute approximate surface area is 133 Å². The summed E-state index contributed by atoms with van der Waals surface area (Å²) in [7, 11) is 3.15. The number of rotatable bonds is 2. The maximum atomic E-state index is 11.7. The van der Waals surface area contributed by atoms with Crippen LogP contribution in [0, 0.1) is 18.5 Å². The van der Waals surface area contributed by atoms with Crippen molar-refractivity contribution in [1.29, 1.82) is 5.26 Å². The minimum absolute atomic E-state index is 0.00639. The van der Waals surface area contributed by atoms with Gasteiger partial charge in [-0.1, -0.05) is 0 Å². The Bertz CT molecular complexity index is 560. The fourth-order valence-electron chi connectivity index (χ4n) is 1.23. The maximum absolute atomic E-state index is 11.7. The van der Waals surface area contributed by atoms with E-state index in [0.29, 0.717) is 9.13 Å². The van der Waals surface area contributed by atoms with Crippen molar-refractivity contribution >= 4 is 57.2 Å². The molecule has 0 atom stereocenters. The molecule has 6 heteroatoms. The molecular formula is C12H10I2N2O2. The first-order chi connectivity index (χ1) is 8.36. The van der Waals surface area contributed by atoms with E-state index >= 15 is 0 Å². The van der Waals surface area contributed by atoms with Gasteiger partial charge in [0, 0.05) is 23.2 Å². The van der Waals surface area contributed by atoms with Crippen LogP contribution < -0.4 is 0 Å². The van der Waals surface area contributed by atoms with E-state index in [-0.39, 0.29) is 17.2 Å². The maximum Gasteiger partial charge on any atom is 0.264 e. The Morgan fingerprint density at radius 3 is 2.56 bits per heavy atom. The van der Waals surface area contributed by atoms with Crippen LogP contribution in [0.15, 0.2) is 17.7 Å². The predicted molar refractivity (Wildman–Crippen MR) is 85.8 cm³/mol. The first-order valence-corrected chi connectivity index (χ1v) is 7.04. The fraction of sp³-hybridized carbons (Fsp3) is 0.167. The minimum atomic E-state index is -0.384. The van der Waals surface area contributed by atoms with Gasteiger partial charge in [0.1, 0.15) is 17.4 Å². The summed E-state index contributed by atoms with van der Waals surface area (Å²) in [6.45, 7) is 0. The second-order valence-electron chi connectivity index (χ2n) is 3.69. The fourth-order valence-corrected chi connectivity index (χ4v) is 3.12. The first kappa shape index (κ1) is 15.2. The van der Waals surface area contributed by atoms with E-state index in [9.17, 15) is 9.90 Å². The minimum Gasteiger partial charge on any atom is -0.506 e. The summed E-state index contributed by atoms with van der Waals surface area (Å²) < 4.78 is 1.61. The molecule has 1 aromatic rings.